The van der Waals surface area contributed by atoms with Crippen LogP contribution < -0.4 is 30.3 Å². The summed E-state index contributed by atoms with van der Waals surface area (Å²) in [6.45, 7) is 6.77. The number of nitrogens with two attached hydrogens (primary N) is 1. The number of rotatable bonds is 7. The van der Waals surface area contributed by atoms with Crippen LogP contribution in [0.5, 0.6) is 5.75 Å². The minimum absolute atomic E-state index is 0.447. The van der Waals surface area contributed by atoms with Crippen molar-refractivity contribution < 1.29 is 34.6 Å². The van der Waals surface area contributed by atoms with E-state index in [-0.39, 0.29) is 0 Å². The first kappa shape index (κ1) is 26.9. The number of nitrogens with zero attached hydrogens (tertiary/aromatic N) is 5. The molecule has 1 aromatic carbocycles. The molecule has 0 saturated carbocycles. The normalized spacial score (nSPS) is 15.7. The highest BCUT2D eigenvalue weighted by molar-refractivity contribution is 6.30. The zero-order valence-corrected chi connectivity index (χ0v) is 20.5. The van der Waals surface area contributed by atoms with E-state index in [1.54, 1.807) is 19.2 Å². The van der Waals surface area contributed by atoms with Crippen LogP contribution in [0.3, 0.4) is 0 Å². The minimum atomic E-state index is -1.51. The SMILES string of the molecule is COc1cc(Cl)ccc1Nc1nc(N2CC[NH2+]CC2)nc(N2CCOCC2)n1.O=C([O-])/C=C/C(=O)O. The molecular weight excluding hydrogens is 494 g/mol. The van der Waals surface area contributed by atoms with E-state index in [0.717, 1.165) is 45.0 Å². The maximum Gasteiger partial charge on any atom is 0.328 e. The summed E-state index contributed by atoms with van der Waals surface area (Å²) < 4.78 is 10.9. The fourth-order valence-corrected chi connectivity index (χ4v) is 3.60. The van der Waals surface area contributed by atoms with Gasteiger partial charge in [-0.25, -0.2) is 4.79 Å². The molecule has 0 unspecified atom stereocenters. The summed E-state index contributed by atoms with van der Waals surface area (Å²) in [5, 5.41) is 23.4. The standard InChI is InChI=1S/C18H24ClN7O2.C4H4O4/c1-27-15-12-13(19)2-3-14(15)21-16-22-17(25-6-4-20-5-7-25)24-18(23-16)26-8-10-28-11-9-26;5-3(6)1-2-4(7)8/h2-3,12,20H,4-11H2,1H3,(H,21,22,23,24);1-2H,(H,5,6)(H,7,8)/b;2-1+. The van der Waals surface area contributed by atoms with Crippen molar-refractivity contribution in [3.8, 4) is 5.75 Å². The van der Waals surface area contributed by atoms with Crippen LogP contribution >= 0.6 is 11.6 Å². The van der Waals surface area contributed by atoms with Crippen LogP contribution in [0.4, 0.5) is 23.5 Å². The van der Waals surface area contributed by atoms with Crippen LogP contribution in [-0.2, 0) is 14.3 Å². The second-order valence-corrected chi connectivity index (χ2v) is 8.11. The van der Waals surface area contributed by atoms with Crippen molar-refractivity contribution >= 4 is 47.1 Å². The number of carboxylic acid groups (broad SMARTS) is 2. The summed E-state index contributed by atoms with van der Waals surface area (Å²) in [5.41, 5.74) is 0.754. The number of nitrogens with one attached hydrogen (secondary N) is 1. The maximum absolute atomic E-state index is 9.53. The number of carbonyl (C=O) groups excluding carboxylic acids is 1. The molecule has 0 spiro atoms. The second-order valence-electron chi connectivity index (χ2n) is 7.67. The molecule has 0 atom stereocenters. The van der Waals surface area contributed by atoms with Crippen LogP contribution in [0, 0.1) is 0 Å². The lowest BCUT2D eigenvalue weighted by molar-refractivity contribution is -0.655. The molecule has 0 radical (unpaired) electrons. The Hall–Kier alpha value is -3.68. The van der Waals surface area contributed by atoms with E-state index in [4.69, 9.17) is 31.2 Å². The van der Waals surface area contributed by atoms with Gasteiger partial charge >= 0.3 is 5.97 Å². The number of morpholine rings is 1. The molecule has 2 aliphatic heterocycles. The Labute approximate surface area is 212 Å². The monoisotopic (exact) mass is 521 g/mol. The van der Waals surface area contributed by atoms with E-state index in [2.05, 4.69) is 30.4 Å². The number of anilines is 4. The summed E-state index contributed by atoms with van der Waals surface area (Å²) in [7, 11) is 1.61. The highest BCUT2D eigenvalue weighted by Gasteiger charge is 2.21. The number of aliphatic carboxylic acids is 2. The van der Waals surface area contributed by atoms with Gasteiger partial charge in [-0.2, -0.15) is 15.0 Å². The van der Waals surface area contributed by atoms with Crippen molar-refractivity contribution in [2.75, 3.05) is 74.7 Å². The number of piperazine rings is 1. The van der Waals surface area contributed by atoms with Crippen molar-refractivity contribution in [2.45, 2.75) is 0 Å². The van der Waals surface area contributed by atoms with Gasteiger partial charge in [0.2, 0.25) is 17.8 Å². The van der Waals surface area contributed by atoms with Crippen LogP contribution in [0.15, 0.2) is 30.4 Å². The van der Waals surface area contributed by atoms with Gasteiger partial charge in [-0.1, -0.05) is 11.6 Å². The molecule has 4 N–H and O–H groups in total. The van der Waals surface area contributed by atoms with Crippen LogP contribution in [-0.4, -0.2) is 91.6 Å². The van der Waals surface area contributed by atoms with Gasteiger partial charge in [0, 0.05) is 30.3 Å². The largest absolute Gasteiger partial charge is 0.545 e. The van der Waals surface area contributed by atoms with Crippen molar-refractivity contribution in [1.29, 1.82) is 0 Å². The van der Waals surface area contributed by atoms with E-state index in [0.29, 0.717) is 54.0 Å². The van der Waals surface area contributed by atoms with E-state index in [1.807, 2.05) is 6.07 Å². The molecule has 2 saturated heterocycles. The number of hydrogen-bond acceptors (Lipinski definition) is 11. The van der Waals surface area contributed by atoms with E-state index in [1.165, 1.54) is 0 Å². The number of quaternary nitrogens is 1. The highest BCUT2D eigenvalue weighted by Crippen LogP contribution is 2.30. The molecule has 13 nitrogen and oxygen atoms in total. The Bertz CT molecular complexity index is 1020. The molecule has 0 amide bonds. The van der Waals surface area contributed by atoms with Gasteiger partial charge in [0.1, 0.15) is 5.75 Å². The first-order chi connectivity index (χ1) is 17.4. The molecule has 2 aliphatic rings. The molecule has 2 fully saturated rings. The average molecular weight is 522 g/mol. The number of carboxylic acids is 2. The maximum atomic E-state index is 9.53. The highest BCUT2D eigenvalue weighted by atomic mass is 35.5. The van der Waals surface area contributed by atoms with Gasteiger partial charge in [-0.15, -0.1) is 0 Å². The van der Waals surface area contributed by atoms with E-state index >= 15 is 0 Å². The fraction of sp³-hybridized carbons (Fsp3) is 0.409. The Morgan fingerprint density at radius 1 is 1.11 bits per heavy atom. The Balaban J connectivity index is 0.000000392. The number of benzene rings is 1. The van der Waals surface area contributed by atoms with Gasteiger partial charge < -0.3 is 44.9 Å². The minimum Gasteiger partial charge on any atom is -0.545 e. The Morgan fingerprint density at radius 2 is 1.75 bits per heavy atom. The van der Waals surface area contributed by atoms with Crippen molar-refractivity contribution in [1.82, 2.24) is 15.0 Å². The number of aromatic nitrogens is 3. The molecule has 3 heterocycles. The fourth-order valence-electron chi connectivity index (χ4n) is 3.43. The molecule has 194 valence electrons. The third kappa shape index (κ3) is 8.22. The van der Waals surface area contributed by atoms with Gasteiger partial charge in [0.15, 0.2) is 0 Å². The molecule has 4 rings (SSSR count). The predicted molar refractivity (Wildman–Crippen MR) is 130 cm³/mol. The number of methoxy groups -OCH3 is 1. The summed E-state index contributed by atoms with van der Waals surface area (Å²) >= 11 is 6.07. The van der Waals surface area contributed by atoms with Crippen LogP contribution in [0.2, 0.25) is 5.02 Å². The lowest BCUT2D eigenvalue weighted by Gasteiger charge is -2.29. The smallest absolute Gasteiger partial charge is 0.328 e. The molecule has 1 aromatic heterocycles. The summed E-state index contributed by atoms with van der Waals surface area (Å²) in [6, 6.07) is 5.42. The quantitative estimate of drug-likeness (QED) is 0.375. The summed E-state index contributed by atoms with van der Waals surface area (Å²) in [6.07, 6.45) is 0.942. The van der Waals surface area contributed by atoms with Crippen molar-refractivity contribution in [2.24, 2.45) is 0 Å². The summed E-state index contributed by atoms with van der Waals surface area (Å²) in [4.78, 5) is 37.4. The average Bonchev–Trinajstić information content (AvgIpc) is 2.89. The number of ether oxygens (including phenoxy) is 2. The zero-order valence-electron chi connectivity index (χ0n) is 19.7. The number of carbonyl (C=O) groups is 2. The van der Waals surface area contributed by atoms with Gasteiger partial charge in [0.25, 0.3) is 0 Å². The van der Waals surface area contributed by atoms with Gasteiger partial charge in [0.05, 0.1) is 58.2 Å². The second kappa shape index (κ2) is 13.4. The third-order valence-electron chi connectivity index (χ3n) is 5.17. The zero-order chi connectivity index (χ0) is 25.9. The molecule has 14 heteroatoms. The summed E-state index contributed by atoms with van der Waals surface area (Å²) in [5.74, 6) is -0.323. The van der Waals surface area contributed by atoms with Crippen molar-refractivity contribution in [3.63, 3.8) is 0 Å². The first-order valence-electron chi connectivity index (χ1n) is 11.2. The number of hydrogen-bond donors (Lipinski definition) is 3. The molecule has 0 bridgehead atoms. The molecule has 0 aliphatic carbocycles. The molecule has 36 heavy (non-hydrogen) atoms. The van der Waals surface area contributed by atoms with E-state index in [9.17, 15) is 14.7 Å². The van der Waals surface area contributed by atoms with E-state index < -0.39 is 11.9 Å². The Kier molecular flexibility index (Phi) is 10.0. The lowest BCUT2D eigenvalue weighted by atomic mass is 10.3. The van der Waals surface area contributed by atoms with Crippen molar-refractivity contribution in [3.05, 3.63) is 35.4 Å². The van der Waals surface area contributed by atoms with Crippen LogP contribution in [0.25, 0.3) is 0 Å². The molecule has 2 aromatic rings. The topological polar surface area (TPSA) is 170 Å². The van der Waals surface area contributed by atoms with Crippen LogP contribution in [0.1, 0.15) is 0 Å². The molecular formula is C22H28ClN7O6. The third-order valence-corrected chi connectivity index (χ3v) is 5.40. The first-order valence-corrected chi connectivity index (χ1v) is 11.6. The van der Waals surface area contributed by atoms with Gasteiger partial charge in [-0.3, -0.25) is 0 Å². The lowest BCUT2D eigenvalue weighted by Crippen LogP contribution is -2.89. The predicted octanol–water partition coefficient (Wildman–Crippen LogP) is -1.13. The van der Waals surface area contributed by atoms with Gasteiger partial charge in [-0.05, 0) is 18.2 Å². The Morgan fingerprint density at radius 3 is 2.31 bits per heavy atom. The number of halogens is 1.